The highest BCUT2D eigenvalue weighted by Gasteiger charge is 2.32. The van der Waals surface area contributed by atoms with Crippen LogP contribution in [-0.4, -0.2) is 33.5 Å². The van der Waals surface area contributed by atoms with Gasteiger partial charge in [0.05, 0.1) is 4.91 Å². The van der Waals surface area contributed by atoms with Gasteiger partial charge in [0.25, 0.3) is 11.8 Å². The zero-order valence-corrected chi connectivity index (χ0v) is 16.8. The molecule has 10 heteroatoms. The normalized spacial score (nSPS) is 15.2. The summed E-state index contributed by atoms with van der Waals surface area (Å²) < 4.78 is 13.2. The molecule has 3 amide bonds. The third kappa shape index (κ3) is 5.03. The number of thioether (sulfide) groups is 1. The Bertz CT molecular complexity index is 943. The van der Waals surface area contributed by atoms with Crippen LogP contribution in [0.25, 0.3) is 6.08 Å². The number of rotatable bonds is 5. The van der Waals surface area contributed by atoms with Crippen LogP contribution in [0.1, 0.15) is 21.7 Å². The van der Waals surface area contributed by atoms with Gasteiger partial charge in [-0.05, 0) is 41.8 Å². The van der Waals surface area contributed by atoms with Crippen LogP contribution in [0.2, 0.25) is 0 Å². The molecule has 1 aliphatic heterocycles. The van der Waals surface area contributed by atoms with Crippen molar-refractivity contribution in [3.8, 4) is 0 Å². The van der Waals surface area contributed by atoms with Crippen LogP contribution >= 0.6 is 35.3 Å². The maximum Gasteiger partial charge on any atom is 0.269 e. The average Bonchev–Trinajstić information content (AvgIpc) is 3.27. The van der Waals surface area contributed by atoms with E-state index in [4.69, 9.17) is 12.2 Å². The quantitative estimate of drug-likeness (QED) is 0.429. The first kappa shape index (κ1) is 20.2. The third-order valence-electron chi connectivity index (χ3n) is 3.67. The van der Waals surface area contributed by atoms with Gasteiger partial charge in [0.2, 0.25) is 5.91 Å². The monoisotopic (exact) mass is 435 g/mol. The fourth-order valence-corrected chi connectivity index (χ4v) is 4.30. The van der Waals surface area contributed by atoms with Crippen LogP contribution in [-0.2, 0) is 9.59 Å². The fourth-order valence-electron chi connectivity index (χ4n) is 2.27. The minimum absolute atomic E-state index is 0.0393. The number of thiocarbonyl (C=S) groups is 1. The fraction of sp³-hybridized carbons (Fsp3) is 0.111. The zero-order valence-electron chi connectivity index (χ0n) is 14.3. The Hall–Kier alpha value is -2.56. The summed E-state index contributed by atoms with van der Waals surface area (Å²) in [6.45, 7) is 0.102. The van der Waals surface area contributed by atoms with Crippen molar-refractivity contribution in [3.63, 3.8) is 0 Å². The van der Waals surface area contributed by atoms with Crippen molar-refractivity contribution in [2.45, 2.75) is 6.42 Å². The van der Waals surface area contributed by atoms with Gasteiger partial charge in [0, 0.05) is 23.4 Å². The topological polar surface area (TPSA) is 78.5 Å². The van der Waals surface area contributed by atoms with Gasteiger partial charge in [0.1, 0.15) is 10.1 Å². The van der Waals surface area contributed by atoms with E-state index < -0.39 is 17.6 Å². The lowest BCUT2D eigenvalue weighted by Crippen LogP contribution is -2.43. The molecule has 0 radical (unpaired) electrons. The van der Waals surface area contributed by atoms with Gasteiger partial charge in [-0.25, -0.2) is 4.39 Å². The number of halogens is 1. The first-order valence-corrected chi connectivity index (χ1v) is 10.2. The summed E-state index contributed by atoms with van der Waals surface area (Å²) in [6, 6.07) is 8.69. The molecular weight excluding hydrogens is 421 g/mol. The molecule has 1 saturated heterocycles. The molecule has 1 aromatic heterocycles. The van der Waals surface area contributed by atoms with Gasteiger partial charge in [-0.2, -0.15) is 0 Å². The maximum atomic E-state index is 12.9. The van der Waals surface area contributed by atoms with E-state index in [2.05, 4.69) is 10.9 Å². The number of hydrogen-bond acceptors (Lipinski definition) is 6. The van der Waals surface area contributed by atoms with Crippen molar-refractivity contribution in [1.82, 2.24) is 15.8 Å². The molecule has 0 aliphatic carbocycles. The number of nitrogens with one attached hydrogen (secondary N) is 2. The molecule has 0 spiro atoms. The molecule has 2 N–H and O–H groups in total. The van der Waals surface area contributed by atoms with E-state index in [0.29, 0.717) is 9.23 Å². The molecule has 0 unspecified atom stereocenters. The summed E-state index contributed by atoms with van der Waals surface area (Å²) in [5.74, 6) is -1.76. The van der Waals surface area contributed by atoms with Crippen molar-refractivity contribution in [1.29, 1.82) is 0 Å². The number of hydrogen-bond donors (Lipinski definition) is 2. The Labute approximate surface area is 173 Å². The van der Waals surface area contributed by atoms with E-state index >= 15 is 0 Å². The first-order chi connectivity index (χ1) is 13.4. The van der Waals surface area contributed by atoms with Crippen molar-refractivity contribution >= 4 is 63.4 Å². The molecule has 0 atom stereocenters. The number of hydrazine groups is 1. The highest BCUT2D eigenvalue weighted by molar-refractivity contribution is 8.26. The molecule has 1 fully saturated rings. The van der Waals surface area contributed by atoms with Crippen LogP contribution in [0, 0.1) is 5.82 Å². The first-order valence-electron chi connectivity index (χ1n) is 8.07. The van der Waals surface area contributed by atoms with Crippen LogP contribution in [0.5, 0.6) is 0 Å². The van der Waals surface area contributed by atoms with Gasteiger partial charge in [-0.15, -0.1) is 11.3 Å². The van der Waals surface area contributed by atoms with E-state index in [1.807, 2.05) is 17.5 Å². The van der Waals surface area contributed by atoms with E-state index in [-0.39, 0.29) is 24.4 Å². The van der Waals surface area contributed by atoms with E-state index in [9.17, 15) is 18.8 Å². The van der Waals surface area contributed by atoms with Gasteiger partial charge in [-0.3, -0.25) is 30.1 Å². The molecule has 1 aliphatic rings. The van der Waals surface area contributed by atoms with Crippen molar-refractivity contribution in [2.75, 3.05) is 6.54 Å². The lowest BCUT2D eigenvalue weighted by atomic mass is 10.2. The Morgan fingerprint density at radius 2 is 1.93 bits per heavy atom. The molecule has 6 nitrogen and oxygen atoms in total. The summed E-state index contributed by atoms with van der Waals surface area (Å²) in [4.78, 5) is 39.1. The van der Waals surface area contributed by atoms with Crippen molar-refractivity contribution in [2.24, 2.45) is 0 Å². The Morgan fingerprint density at radius 1 is 1.18 bits per heavy atom. The molecular formula is C18H14FN3O3S3. The lowest BCUT2D eigenvalue weighted by Gasteiger charge is -2.14. The summed E-state index contributed by atoms with van der Waals surface area (Å²) in [5.41, 5.74) is 4.71. The Morgan fingerprint density at radius 3 is 2.61 bits per heavy atom. The maximum absolute atomic E-state index is 12.9. The average molecular weight is 436 g/mol. The molecule has 0 bridgehead atoms. The number of thiophene rings is 1. The number of carbonyl (C=O) groups excluding carboxylic acids is 3. The van der Waals surface area contributed by atoms with Crippen molar-refractivity contribution < 1.29 is 18.8 Å². The standard InChI is InChI=1S/C18H14FN3O3S3/c19-12-5-3-11(4-6-12)16(24)21-20-15(23)7-8-22-17(25)14(28-18(22)26)10-13-2-1-9-27-13/h1-6,9-10H,7-8H2,(H,20,23)(H,21,24)/b14-10-. The molecule has 144 valence electrons. The highest BCUT2D eigenvalue weighted by Crippen LogP contribution is 2.33. The zero-order chi connectivity index (χ0) is 20.1. The van der Waals surface area contributed by atoms with Crippen LogP contribution in [0.15, 0.2) is 46.7 Å². The smallest absolute Gasteiger partial charge is 0.269 e. The lowest BCUT2D eigenvalue weighted by molar-refractivity contribution is -0.124. The van der Waals surface area contributed by atoms with E-state index in [1.54, 1.807) is 6.08 Å². The predicted molar refractivity (Wildman–Crippen MR) is 111 cm³/mol. The van der Waals surface area contributed by atoms with Crippen LogP contribution in [0.3, 0.4) is 0 Å². The second kappa shape index (κ2) is 9.09. The second-order valence-electron chi connectivity index (χ2n) is 5.61. The number of carbonyl (C=O) groups is 3. The molecule has 2 heterocycles. The van der Waals surface area contributed by atoms with Crippen LogP contribution in [0.4, 0.5) is 4.39 Å². The highest BCUT2D eigenvalue weighted by atomic mass is 32.2. The Kier molecular flexibility index (Phi) is 6.55. The van der Waals surface area contributed by atoms with Gasteiger partial charge in [0.15, 0.2) is 0 Å². The van der Waals surface area contributed by atoms with E-state index in [0.717, 1.165) is 17.0 Å². The van der Waals surface area contributed by atoms with Crippen molar-refractivity contribution in [3.05, 3.63) is 62.9 Å². The molecule has 2 aromatic rings. The predicted octanol–water partition coefficient (Wildman–Crippen LogP) is 2.94. The Balaban J connectivity index is 1.49. The number of nitrogens with zero attached hydrogens (tertiary/aromatic N) is 1. The van der Waals surface area contributed by atoms with Gasteiger partial charge < -0.3 is 0 Å². The van der Waals surface area contributed by atoms with Crippen LogP contribution < -0.4 is 10.9 Å². The third-order valence-corrected chi connectivity index (χ3v) is 5.87. The minimum Gasteiger partial charge on any atom is -0.292 e. The summed E-state index contributed by atoms with van der Waals surface area (Å²) >= 11 is 7.93. The van der Waals surface area contributed by atoms with Gasteiger partial charge in [-0.1, -0.05) is 30.0 Å². The number of benzene rings is 1. The molecule has 3 rings (SSSR count). The SMILES string of the molecule is O=C(CCN1C(=O)/C(=C/c2cccs2)SC1=S)NNC(=O)c1ccc(F)cc1. The van der Waals surface area contributed by atoms with Gasteiger partial charge >= 0.3 is 0 Å². The minimum atomic E-state index is -0.571. The summed E-state index contributed by atoms with van der Waals surface area (Å²) in [5, 5.41) is 1.91. The molecule has 28 heavy (non-hydrogen) atoms. The summed E-state index contributed by atoms with van der Waals surface area (Å²) in [6.07, 6.45) is 1.73. The molecule has 0 saturated carbocycles. The van der Waals surface area contributed by atoms with E-state index in [1.165, 1.54) is 40.1 Å². The number of amides is 3. The molecule has 1 aromatic carbocycles. The largest absolute Gasteiger partial charge is 0.292 e. The second-order valence-corrected chi connectivity index (χ2v) is 8.26. The summed E-state index contributed by atoms with van der Waals surface area (Å²) in [7, 11) is 0.